The minimum atomic E-state index is -0.221. The van der Waals surface area contributed by atoms with Crippen LogP contribution in [0.25, 0.3) is 0 Å². The van der Waals surface area contributed by atoms with Gasteiger partial charge in [-0.2, -0.15) is 0 Å². The van der Waals surface area contributed by atoms with Crippen LogP contribution >= 0.6 is 11.8 Å². The van der Waals surface area contributed by atoms with Crippen LogP contribution in [0.5, 0.6) is 0 Å². The van der Waals surface area contributed by atoms with Crippen LogP contribution in [-0.2, 0) is 0 Å². The van der Waals surface area contributed by atoms with Gasteiger partial charge in [-0.25, -0.2) is 4.79 Å². The lowest BCUT2D eigenvalue weighted by Gasteiger charge is -2.11. The zero-order valence-electron chi connectivity index (χ0n) is 10.6. The third-order valence-electron chi connectivity index (χ3n) is 2.27. The highest BCUT2D eigenvalue weighted by Gasteiger charge is 2.04. The van der Waals surface area contributed by atoms with Crippen molar-refractivity contribution in [3.05, 3.63) is 30.3 Å². The standard InChI is InChI=1S/C13H20N2O2S/c1-11(10-16)15-13(17)14-8-5-9-18-12-6-3-2-4-7-12/h2-4,6-7,11,16H,5,8-10H2,1H3,(H2,14,15,17). The summed E-state index contributed by atoms with van der Waals surface area (Å²) in [4.78, 5) is 12.6. The molecule has 0 fully saturated rings. The first kappa shape index (κ1) is 14.9. The molecule has 0 saturated heterocycles. The van der Waals surface area contributed by atoms with Gasteiger partial charge in [0, 0.05) is 11.4 Å². The van der Waals surface area contributed by atoms with E-state index in [-0.39, 0.29) is 18.7 Å². The second-order valence-electron chi connectivity index (χ2n) is 4.00. The second kappa shape index (κ2) is 8.83. The van der Waals surface area contributed by atoms with Crippen molar-refractivity contribution in [2.45, 2.75) is 24.3 Å². The molecule has 0 radical (unpaired) electrons. The maximum atomic E-state index is 11.3. The molecule has 0 aromatic heterocycles. The predicted molar refractivity (Wildman–Crippen MR) is 74.9 cm³/mol. The first-order chi connectivity index (χ1) is 8.72. The molecule has 4 nitrogen and oxygen atoms in total. The molecule has 1 unspecified atom stereocenters. The van der Waals surface area contributed by atoms with E-state index in [1.807, 2.05) is 18.2 Å². The van der Waals surface area contributed by atoms with Gasteiger partial charge >= 0.3 is 6.03 Å². The van der Waals surface area contributed by atoms with E-state index in [1.54, 1.807) is 18.7 Å². The molecule has 1 aromatic carbocycles. The molecular weight excluding hydrogens is 248 g/mol. The number of carbonyl (C=O) groups excluding carboxylic acids is 1. The van der Waals surface area contributed by atoms with Gasteiger partial charge in [0.05, 0.1) is 12.6 Å². The summed E-state index contributed by atoms with van der Waals surface area (Å²) in [6.07, 6.45) is 0.917. The lowest BCUT2D eigenvalue weighted by molar-refractivity contribution is 0.220. The first-order valence-corrected chi connectivity index (χ1v) is 7.04. The number of amides is 2. The van der Waals surface area contributed by atoms with Crippen LogP contribution in [0.3, 0.4) is 0 Å². The van der Waals surface area contributed by atoms with Gasteiger partial charge in [0.1, 0.15) is 0 Å². The average Bonchev–Trinajstić information content (AvgIpc) is 2.39. The Morgan fingerprint density at radius 3 is 2.78 bits per heavy atom. The van der Waals surface area contributed by atoms with Crippen LogP contribution in [0.2, 0.25) is 0 Å². The monoisotopic (exact) mass is 268 g/mol. The maximum Gasteiger partial charge on any atom is 0.315 e. The molecule has 100 valence electrons. The van der Waals surface area contributed by atoms with Gasteiger partial charge in [0.15, 0.2) is 0 Å². The number of carbonyl (C=O) groups is 1. The first-order valence-electron chi connectivity index (χ1n) is 6.05. The second-order valence-corrected chi connectivity index (χ2v) is 5.17. The SMILES string of the molecule is CC(CO)NC(=O)NCCCSc1ccccc1. The Morgan fingerprint density at radius 2 is 2.11 bits per heavy atom. The van der Waals surface area contributed by atoms with Crippen LogP contribution in [0, 0.1) is 0 Å². The van der Waals surface area contributed by atoms with Crippen molar-refractivity contribution in [2.75, 3.05) is 18.9 Å². The zero-order chi connectivity index (χ0) is 13.2. The fourth-order valence-electron chi connectivity index (χ4n) is 1.30. The average molecular weight is 268 g/mol. The van der Waals surface area contributed by atoms with Gasteiger partial charge in [-0.15, -0.1) is 11.8 Å². The topological polar surface area (TPSA) is 61.4 Å². The number of urea groups is 1. The Bertz CT molecular complexity index is 346. The lowest BCUT2D eigenvalue weighted by atomic mass is 10.4. The summed E-state index contributed by atoms with van der Waals surface area (Å²) >= 11 is 1.78. The maximum absolute atomic E-state index is 11.3. The van der Waals surface area contributed by atoms with Crippen LogP contribution in [0.15, 0.2) is 35.2 Å². The molecule has 1 aromatic rings. The Hall–Kier alpha value is -1.20. The van der Waals surface area contributed by atoms with Crippen molar-refractivity contribution < 1.29 is 9.90 Å². The van der Waals surface area contributed by atoms with E-state index in [9.17, 15) is 4.79 Å². The summed E-state index contributed by atoms with van der Waals surface area (Å²) in [5.74, 6) is 0.972. The lowest BCUT2D eigenvalue weighted by Crippen LogP contribution is -2.42. The van der Waals surface area contributed by atoms with Gasteiger partial charge in [0.2, 0.25) is 0 Å². The third kappa shape index (κ3) is 6.51. The van der Waals surface area contributed by atoms with Gasteiger partial charge in [-0.1, -0.05) is 18.2 Å². The Labute approximate surface area is 112 Å². The van der Waals surface area contributed by atoms with E-state index >= 15 is 0 Å². The summed E-state index contributed by atoms with van der Waals surface area (Å²) in [6, 6.07) is 9.76. The van der Waals surface area contributed by atoms with E-state index in [4.69, 9.17) is 5.11 Å². The molecule has 0 aliphatic rings. The summed E-state index contributed by atoms with van der Waals surface area (Å²) in [5, 5.41) is 14.2. The quantitative estimate of drug-likeness (QED) is 0.522. The van der Waals surface area contributed by atoms with Crippen LogP contribution < -0.4 is 10.6 Å². The molecule has 0 aliphatic heterocycles. The highest BCUT2D eigenvalue weighted by atomic mass is 32.2. The minimum Gasteiger partial charge on any atom is -0.394 e. The molecular formula is C13H20N2O2S. The molecule has 2 amide bonds. The molecule has 0 aliphatic carbocycles. The van der Waals surface area contributed by atoms with Gasteiger partial charge in [-0.05, 0) is 31.2 Å². The fraction of sp³-hybridized carbons (Fsp3) is 0.462. The molecule has 0 heterocycles. The summed E-state index contributed by atoms with van der Waals surface area (Å²) in [6.45, 7) is 2.35. The number of aliphatic hydroxyl groups excluding tert-OH is 1. The summed E-state index contributed by atoms with van der Waals surface area (Å²) in [5.41, 5.74) is 0. The van der Waals surface area contributed by atoms with Crippen molar-refractivity contribution in [3.8, 4) is 0 Å². The van der Waals surface area contributed by atoms with E-state index in [0.29, 0.717) is 6.54 Å². The Morgan fingerprint density at radius 1 is 1.39 bits per heavy atom. The highest BCUT2D eigenvalue weighted by Crippen LogP contribution is 2.17. The van der Waals surface area contributed by atoms with Gasteiger partial charge < -0.3 is 15.7 Å². The third-order valence-corrected chi connectivity index (χ3v) is 3.37. The smallest absolute Gasteiger partial charge is 0.315 e. The Kier molecular flexibility index (Phi) is 7.29. The number of nitrogens with one attached hydrogen (secondary N) is 2. The number of hydrogen-bond acceptors (Lipinski definition) is 3. The van der Waals surface area contributed by atoms with Crippen LogP contribution in [0.4, 0.5) is 4.79 Å². The number of benzene rings is 1. The highest BCUT2D eigenvalue weighted by molar-refractivity contribution is 7.99. The molecule has 0 bridgehead atoms. The molecule has 3 N–H and O–H groups in total. The molecule has 0 spiro atoms. The fourth-order valence-corrected chi connectivity index (χ4v) is 2.18. The summed E-state index contributed by atoms with van der Waals surface area (Å²) < 4.78 is 0. The van der Waals surface area contributed by atoms with E-state index in [1.165, 1.54) is 4.90 Å². The molecule has 1 atom stereocenters. The molecule has 1 rings (SSSR count). The van der Waals surface area contributed by atoms with Crippen LogP contribution in [-0.4, -0.2) is 36.1 Å². The van der Waals surface area contributed by atoms with Gasteiger partial charge in [0.25, 0.3) is 0 Å². The van der Waals surface area contributed by atoms with Crippen molar-refractivity contribution >= 4 is 17.8 Å². The molecule has 0 saturated carbocycles. The number of aliphatic hydroxyl groups is 1. The van der Waals surface area contributed by atoms with Crippen molar-refractivity contribution in [1.82, 2.24) is 10.6 Å². The normalized spacial score (nSPS) is 11.9. The van der Waals surface area contributed by atoms with Crippen molar-refractivity contribution in [3.63, 3.8) is 0 Å². The number of hydrogen-bond donors (Lipinski definition) is 3. The van der Waals surface area contributed by atoms with E-state index < -0.39 is 0 Å². The number of thioether (sulfide) groups is 1. The Balaban J connectivity index is 2.03. The predicted octanol–water partition coefficient (Wildman–Crippen LogP) is 1.85. The molecule has 18 heavy (non-hydrogen) atoms. The zero-order valence-corrected chi connectivity index (χ0v) is 11.4. The van der Waals surface area contributed by atoms with Crippen molar-refractivity contribution in [2.24, 2.45) is 0 Å². The van der Waals surface area contributed by atoms with Gasteiger partial charge in [-0.3, -0.25) is 0 Å². The molecule has 5 heteroatoms. The van der Waals surface area contributed by atoms with E-state index in [0.717, 1.165) is 12.2 Å². The number of rotatable bonds is 7. The largest absolute Gasteiger partial charge is 0.394 e. The van der Waals surface area contributed by atoms with Crippen molar-refractivity contribution in [1.29, 1.82) is 0 Å². The van der Waals surface area contributed by atoms with Crippen LogP contribution in [0.1, 0.15) is 13.3 Å². The van der Waals surface area contributed by atoms with E-state index in [2.05, 4.69) is 22.8 Å². The summed E-state index contributed by atoms with van der Waals surface area (Å²) in [7, 11) is 0. The minimum absolute atomic E-state index is 0.0444.